The van der Waals surface area contributed by atoms with Gasteiger partial charge < -0.3 is 15.4 Å². The zero-order valence-corrected chi connectivity index (χ0v) is 15.0. The number of ether oxygens (including phenoxy) is 1. The number of aromatic nitrogens is 2. The minimum atomic E-state index is -2.87. The van der Waals surface area contributed by atoms with Gasteiger partial charge in [0.05, 0.1) is 12.1 Å². The van der Waals surface area contributed by atoms with E-state index < -0.39 is 6.61 Å². The first-order valence-corrected chi connectivity index (χ1v) is 8.03. The third-order valence-electron chi connectivity index (χ3n) is 4.29. The van der Waals surface area contributed by atoms with Crippen molar-refractivity contribution in [1.29, 1.82) is 0 Å². The quantitative estimate of drug-likeness (QED) is 0.797. The Morgan fingerprint density at radius 2 is 2.27 bits per heavy atom. The highest BCUT2D eigenvalue weighted by Gasteiger charge is 2.34. The Hall–Kier alpha value is -2.19. The third kappa shape index (κ3) is 4.92. The summed E-state index contributed by atoms with van der Waals surface area (Å²) < 4.78 is 30.6. The van der Waals surface area contributed by atoms with E-state index in [9.17, 15) is 13.6 Å². The number of carbonyl (C=O) groups is 1. The molecule has 6 nitrogen and oxygen atoms in total. The van der Waals surface area contributed by atoms with E-state index in [1.54, 1.807) is 23.0 Å². The van der Waals surface area contributed by atoms with Crippen molar-refractivity contribution in [2.75, 3.05) is 13.1 Å². The number of nitrogens with one attached hydrogen (secondary N) is 2. The second kappa shape index (κ2) is 8.95. The molecule has 1 aliphatic heterocycles. The van der Waals surface area contributed by atoms with Crippen LogP contribution in [-0.2, 0) is 18.4 Å². The first-order chi connectivity index (χ1) is 12.0. The SMILES string of the molecule is Cl.Cn1cc([C@H]2CNC[C@@H]2C(=O)NCc2cccc(OC(F)F)c2)cn1. The van der Waals surface area contributed by atoms with Gasteiger partial charge in [0.2, 0.25) is 5.91 Å². The van der Waals surface area contributed by atoms with Crippen LogP contribution in [0.2, 0.25) is 0 Å². The molecular weight excluding hydrogens is 366 g/mol. The summed E-state index contributed by atoms with van der Waals surface area (Å²) in [7, 11) is 1.84. The first kappa shape index (κ1) is 20.1. The fraction of sp³-hybridized carbons (Fsp3) is 0.412. The number of amides is 1. The lowest BCUT2D eigenvalue weighted by molar-refractivity contribution is -0.125. The number of benzene rings is 1. The molecule has 26 heavy (non-hydrogen) atoms. The van der Waals surface area contributed by atoms with Crippen molar-refractivity contribution in [3.8, 4) is 5.75 Å². The van der Waals surface area contributed by atoms with Gasteiger partial charge in [-0.3, -0.25) is 9.48 Å². The predicted octanol–water partition coefficient (Wildman–Crippen LogP) is 2.06. The van der Waals surface area contributed by atoms with Gasteiger partial charge in [-0.1, -0.05) is 12.1 Å². The van der Waals surface area contributed by atoms with Gasteiger partial charge >= 0.3 is 6.61 Å². The first-order valence-electron chi connectivity index (χ1n) is 8.03. The lowest BCUT2D eigenvalue weighted by Gasteiger charge is -2.17. The molecule has 1 saturated heterocycles. The second-order valence-electron chi connectivity index (χ2n) is 6.06. The van der Waals surface area contributed by atoms with Gasteiger partial charge in [-0.15, -0.1) is 12.4 Å². The van der Waals surface area contributed by atoms with Gasteiger partial charge in [0.25, 0.3) is 0 Å². The normalized spacial score (nSPS) is 19.2. The number of aryl methyl sites for hydroxylation is 1. The smallest absolute Gasteiger partial charge is 0.387 e. The van der Waals surface area contributed by atoms with Crippen LogP contribution >= 0.6 is 12.4 Å². The monoisotopic (exact) mass is 386 g/mol. The van der Waals surface area contributed by atoms with Gasteiger partial charge in [0.1, 0.15) is 5.75 Å². The van der Waals surface area contributed by atoms with Crippen LogP contribution in [0.25, 0.3) is 0 Å². The highest BCUT2D eigenvalue weighted by molar-refractivity contribution is 5.85. The zero-order chi connectivity index (χ0) is 17.8. The van der Waals surface area contributed by atoms with E-state index in [2.05, 4.69) is 20.5 Å². The maximum Gasteiger partial charge on any atom is 0.387 e. The molecule has 142 valence electrons. The molecule has 0 bridgehead atoms. The molecule has 3 rings (SSSR count). The summed E-state index contributed by atoms with van der Waals surface area (Å²) in [5, 5.41) is 10.3. The predicted molar refractivity (Wildman–Crippen MR) is 94.5 cm³/mol. The molecule has 0 unspecified atom stereocenters. The Labute approximate surface area is 156 Å². The molecule has 2 heterocycles. The van der Waals surface area contributed by atoms with Gasteiger partial charge in [-0.05, 0) is 23.3 Å². The van der Waals surface area contributed by atoms with Crippen molar-refractivity contribution in [3.05, 3.63) is 47.8 Å². The maximum atomic E-state index is 12.5. The lowest BCUT2D eigenvalue weighted by Crippen LogP contribution is -2.33. The van der Waals surface area contributed by atoms with Gasteiger partial charge in [0, 0.05) is 38.8 Å². The molecule has 1 aliphatic rings. The third-order valence-corrected chi connectivity index (χ3v) is 4.29. The average Bonchev–Trinajstić information content (AvgIpc) is 3.21. The van der Waals surface area contributed by atoms with E-state index in [1.165, 1.54) is 12.1 Å². The number of rotatable bonds is 6. The van der Waals surface area contributed by atoms with Crippen LogP contribution in [0.3, 0.4) is 0 Å². The Morgan fingerprint density at radius 3 is 2.96 bits per heavy atom. The van der Waals surface area contributed by atoms with Crippen molar-refractivity contribution in [1.82, 2.24) is 20.4 Å². The van der Waals surface area contributed by atoms with Crippen LogP contribution in [0.4, 0.5) is 8.78 Å². The summed E-state index contributed by atoms with van der Waals surface area (Å²) in [6.07, 6.45) is 3.70. The van der Waals surface area contributed by atoms with Crippen molar-refractivity contribution >= 4 is 18.3 Å². The second-order valence-corrected chi connectivity index (χ2v) is 6.06. The van der Waals surface area contributed by atoms with Gasteiger partial charge in [0.15, 0.2) is 0 Å². The van der Waals surface area contributed by atoms with E-state index in [-0.39, 0.29) is 42.4 Å². The van der Waals surface area contributed by atoms with E-state index in [1.807, 2.05) is 13.2 Å². The molecule has 1 fully saturated rings. The number of nitrogens with zero attached hydrogens (tertiary/aromatic N) is 2. The Bertz CT molecular complexity index is 741. The largest absolute Gasteiger partial charge is 0.435 e. The lowest BCUT2D eigenvalue weighted by atomic mass is 9.90. The van der Waals surface area contributed by atoms with Crippen molar-refractivity contribution in [2.45, 2.75) is 19.1 Å². The summed E-state index contributed by atoms with van der Waals surface area (Å²) in [4.78, 5) is 12.5. The molecule has 0 spiro atoms. The Morgan fingerprint density at radius 1 is 1.46 bits per heavy atom. The van der Waals surface area contributed by atoms with Gasteiger partial charge in [-0.2, -0.15) is 13.9 Å². The summed E-state index contributed by atoms with van der Waals surface area (Å²) >= 11 is 0. The molecule has 0 radical (unpaired) electrons. The zero-order valence-electron chi connectivity index (χ0n) is 14.2. The van der Waals surface area contributed by atoms with Crippen LogP contribution in [0, 0.1) is 5.92 Å². The minimum Gasteiger partial charge on any atom is -0.435 e. The minimum absolute atomic E-state index is 0. The number of carbonyl (C=O) groups excluding carboxylic acids is 1. The highest BCUT2D eigenvalue weighted by atomic mass is 35.5. The molecule has 1 aromatic heterocycles. The molecule has 0 aliphatic carbocycles. The summed E-state index contributed by atoms with van der Waals surface area (Å²) in [5.74, 6) is -0.108. The number of halogens is 3. The van der Waals surface area contributed by atoms with Crippen LogP contribution in [0.15, 0.2) is 36.7 Å². The van der Waals surface area contributed by atoms with E-state index in [0.717, 1.165) is 12.1 Å². The molecule has 1 amide bonds. The average molecular weight is 387 g/mol. The van der Waals surface area contributed by atoms with E-state index in [0.29, 0.717) is 12.1 Å². The molecule has 9 heteroatoms. The topological polar surface area (TPSA) is 68.2 Å². The van der Waals surface area contributed by atoms with Gasteiger partial charge in [-0.25, -0.2) is 0 Å². The van der Waals surface area contributed by atoms with Crippen LogP contribution < -0.4 is 15.4 Å². The fourth-order valence-electron chi connectivity index (χ4n) is 3.09. The fourth-order valence-corrected chi connectivity index (χ4v) is 3.09. The van der Waals surface area contributed by atoms with E-state index in [4.69, 9.17) is 0 Å². The molecule has 1 aromatic carbocycles. The standard InChI is InChI=1S/C17H20F2N4O2.ClH/c1-23-10-12(7-22-23)14-8-20-9-15(14)16(24)21-6-11-3-2-4-13(5-11)25-17(18)19;/h2-5,7,10,14-15,17,20H,6,8-9H2,1H3,(H,21,24);1H/t14-,15+;/m1./s1. The van der Waals surface area contributed by atoms with Crippen LogP contribution in [-0.4, -0.2) is 35.4 Å². The Kier molecular flexibility index (Phi) is 6.93. The summed E-state index contributed by atoms with van der Waals surface area (Å²) in [6, 6.07) is 6.33. The Balaban J connectivity index is 0.00000243. The molecule has 2 N–H and O–H groups in total. The van der Waals surface area contributed by atoms with Crippen LogP contribution in [0.5, 0.6) is 5.75 Å². The maximum absolute atomic E-state index is 12.5. The van der Waals surface area contributed by atoms with Crippen molar-refractivity contribution in [2.24, 2.45) is 13.0 Å². The number of hydrogen-bond donors (Lipinski definition) is 2. The molecular formula is C17H21ClF2N4O2. The summed E-state index contributed by atoms with van der Waals surface area (Å²) in [6.45, 7) is -1.29. The molecule has 2 atom stereocenters. The molecule has 2 aromatic rings. The number of alkyl halides is 2. The highest BCUT2D eigenvalue weighted by Crippen LogP contribution is 2.28. The number of hydrogen-bond acceptors (Lipinski definition) is 4. The van der Waals surface area contributed by atoms with Crippen molar-refractivity contribution < 1.29 is 18.3 Å². The van der Waals surface area contributed by atoms with Crippen molar-refractivity contribution in [3.63, 3.8) is 0 Å². The molecule has 0 saturated carbocycles. The summed E-state index contributed by atoms with van der Waals surface area (Å²) in [5.41, 5.74) is 1.73. The van der Waals surface area contributed by atoms with E-state index >= 15 is 0 Å². The van der Waals surface area contributed by atoms with Crippen LogP contribution in [0.1, 0.15) is 17.0 Å².